The van der Waals surface area contributed by atoms with E-state index in [-0.39, 0.29) is 21.1 Å². The Kier molecular flexibility index (Phi) is 5.81. The topological polar surface area (TPSA) is 116 Å². The maximum absolute atomic E-state index is 5.58. The average Bonchev–Trinajstić information content (AvgIpc) is 2.40. The molecule has 0 saturated heterocycles. The van der Waals surface area contributed by atoms with Gasteiger partial charge in [-0.25, -0.2) is 19.9 Å². The molecule has 19 heavy (non-hydrogen) atoms. The Morgan fingerprint density at radius 3 is 1.63 bits per heavy atom. The first kappa shape index (κ1) is 15.5. The lowest BCUT2D eigenvalue weighted by Gasteiger charge is -2.01. The van der Waals surface area contributed by atoms with Crippen molar-refractivity contribution in [3.63, 3.8) is 0 Å². The molecule has 0 aliphatic carbocycles. The molecule has 102 valence electrons. The van der Waals surface area contributed by atoms with Gasteiger partial charge >= 0.3 is 0 Å². The molecule has 0 aromatic carbocycles. The first-order chi connectivity index (χ1) is 8.97. The highest BCUT2D eigenvalue weighted by molar-refractivity contribution is 6.37. The van der Waals surface area contributed by atoms with Crippen molar-refractivity contribution < 1.29 is 0 Å². The SMILES string of the molecule is CNc1ncnc(Cl)c1N.Nc1c(Cl)ncnc1Cl. The minimum atomic E-state index is 0.190. The Morgan fingerprint density at radius 1 is 0.842 bits per heavy atom. The van der Waals surface area contributed by atoms with Gasteiger partial charge in [0, 0.05) is 7.05 Å². The minimum absolute atomic E-state index is 0.190. The highest BCUT2D eigenvalue weighted by atomic mass is 35.5. The largest absolute Gasteiger partial charge is 0.394 e. The van der Waals surface area contributed by atoms with Crippen LogP contribution < -0.4 is 16.8 Å². The predicted molar refractivity (Wildman–Crippen MR) is 77.5 cm³/mol. The minimum Gasteiger partial charge on any atom is -0.394 e. The van der Waals surface area contributed by atoms with E-state index in [1.54, 1.807) is 7.05 Å². The Balaban J connectivity index is 0.000000191. The molecule has 0 atom stereocenters. The third-order valence-electron chi connectivity index (χ3n) is 1.86. The van der Waals surface area contributed by atoms with Gasteiger partial charge in [0.25, 0.3) is 0 Å². The molecule has 0 aliphatic heterocycles. The summed E-state index contributed by atoms with van der Waals surface area (Å²) in [6, 6.07) is 0. The van der Waals surface area contributed by atoms with Gasteiger partial charge in [-0.3, -0.25) is 0 Å². The number of nitrogen functional groups attached to an aromatic ring is 2. The summed E-state index contributed by atoms with van der Waals surface area (Å²) in [5.41, 5.74) is 11.4. The fourth-order valence-corrected chi connectivity index (χ4v) is 1.38. The van der Waals surface area contributed by atoms with Gasteiger partial charge in [-0.05, 0) is 0 Å². The van der Waals surface area contributed by atoms with E-state index >= 15 is 0 Å². The maximum atomic E-state index is 5.58. The molecule has 5 N–H and O–H groups in total. The number of hydrogen-bond acceptors (Lipinski definition) is 7. The summed E-state index contributed by atoms with van der Waals surface area (Å²) >= 11 is 16.5. The molecule has 2 heterocycles. The van der Waals surface area contributed by atoms with Crippen molar-refractivity contribution in [2.75, 3.05) is 23.8 Å². The zero-order chi connectivity index (χ0) is 14.4. The van der Waals surface area contributed by atoms with Gasteiger partial charge in [0.15, 0.2) is 21.3 Å². The van der Waals surface area contributed by atoms with Crippen molar-refractivity contribution in [2.24, 2.45) is 0 Å². The van der Waals surface area contributed by atoms with Crippen molar-refractivity contribution in [1.29, 1.82) is 0 Å². The number of hydrogen-bond donors (Lipinski definition) is 3. The van der Waals surface area contributed by atoms with E-state index in [1.165, 1.54) is 12.7 Å². The zero-order valence-corrected chi connectivity index (χ0v) is 12.0. The van der Waals surface area contributed by atoms with E-state index in [0.717, 1.165) is 0 Å². The molecule has 0 radical (unpaired) electrons. The molecule has 10 heteroatoms. The second-order valence-corrected chi connectivity index (χ2v) is 4.12. The Hall–Kier alpha value is -1.57. The lowest BCUT2D eigenvalue weighted by atomic mass is 10.5. The molecular weight excluding hydrogens is 313 g/mol. The summed E-state index contributed by atoms with van der Waals surface area (Å²) in [7, 11) is 1.72. The van der Waals surface area contributed by atoms with Crippen LogP contribution in [0.2, 0.25) is 15.5 Å². The molecule has 0 bridgehead atoms. The number of anilines is 3. The fourth-order valence-electron chi connectivity index (χ4n) is 0.928. The summed E-state index contributed by atoms with van der Waals surface area (Å²) in [6.45, 7) is 0. The van der Waals surface area contributed by atoms with Gasteiger partial charge in [0.2, 0.25) is 0 Å². The summed E-state index contributed by atoms with van der Waals surface area (Å²) in [6.07, 6.45) is 2.60. The number of nitrogens with zero attached hydrogens (tertiary/aromatic N) is 4. The molecule has 0 fully saturated rings. The van der Waals surface area contributed by atoms with E-state index in [1.807, 2.05) is 0 Å². The number of aromatic nitrogens is 4. The second-order valence-electron chi connectivity index (χ2n) is 3.05. The first-order valence-electron chi connectivity index (χ1n) is 4.82. The van der Waals surface area contributed by atoms with E-state index < -0.39 is 0 Å². The summed E-state index contributed by atoms with van der Waals surface area (Å²) in [5.74, 6) is 0.556. The molecule has 2 aromatic heterocycles. The number of rotatable bonds is 1. The smallest absolute Gasteiger partial charge is 0.157 e. The number of nitrogens with two attached hydrogens (primary N) is 2. The van der Waals surface area contributed by atoms with Crippen LogP contribution in [0.25, 0.3) is 0 Å². The van der Waals surface area contributed by atoms with Crippen LogP contribution in [0.1, 0.15) is 0 Å². The molecule has 0 aliphatic rings. The van der Waals surface area contributed by atoms with Crippen LogP contribution in [0.5, 0.6) is 0 Å². The van der Waals surface area contributed by atoms with Crippen LogP contribution >= 0.6 is 34.8 Å². The predicted octanol–water partition coefficient (Wildman–Crippen LogP) is 2.12. The summed E-state index contributed by atoms with van der Waals surface area (Å²) in [4.78, 5) is 14.7. The normalized spacial score (nSPS) is 9.47. The van der Waals surface area contributed by atoms with Gasteiger partial charge < -0.3 is 16.8 Å². The monoisotopic (exact) mass is 321 g/mol. The third kappa shape index (κ3) is 4.23. The lowest BCUT2D eigenvalue weighted by Crippen LogP contribution is -1.99. The van der Waals surface area contributed by atoms with E-state index in [9.17, 15) is 0 Å². The standard InChI is InChI=1S/C5H7ClN4.C4H3Cl2N3/c1-8-5-3(7)4(6)9-2-10-5;5-3-2(7)4(6)9-1-8-3/h2H,7H2,1H3,(H,8,9,10);1H,7H2. The Bertz CT molecular complexity index is 543. The van der Waals surface area contributed by atoms with Crippen LogP contribution in [0, 0.1) is 0 Å². The molecule has 7 nitrogen and oxygen atoms in total. The van der Waals surface area contributed by atoms with Gasteiger partial charge in [0.1, 0.15) is 24.0 Å². The van der Waals surface area contributed by atoms with E-state index in [0.29, 0.717) is 11.5 Å². The van der Waals surface area contributed by atoms with Gasteiger partial charge in [0.05, 0.1) is 0 Å². The second kappa shape index (κ2) is 7.13. The maximum Gasteiger partial charge on any atom is 0.157 e. The van der Waals surface area contributed by atoms with E-state index in [4.69, 9.17) is 46.3 Å². The Morgan fingerprint density at radius 2 is 1.26 bits per heavy atom. The molecule has 0 spiro atoms. The lowest BCUT2D eigenvalue weighted by molar-refractivity contribution is 1.16. The summed E-state index contributed by atoms with van der Waals surface area (Å²) in [5, 5.41) is 3.43. The van der Waals surface area contributed by atoms with Gasteiger partial charge in [-0.2, -0.15) is 0 Å². The van der Waals surface area contributed by atoms with Crippen molar-refractivity contribution in [1.82, 2.24) is 19.9 Å². The van der Waals surface area contributed by atoms with Crippen LogP contribution in [-0.4, -0.2) is 27.0 Å². The highest BCUT2D eigenvalue weighted by Crippen LogP contribution is 2.21. The van der Waals surface area contributed by atoms with Crippen molar-refractivity contribution >= 4 is 52.0 Å². The molecule has 0 unspecified atom stereocenters. The van der Waals surface area contributed by atoms with Gasteiger partial charge in [-0.15, -0.1) is 0 Å². The highest BCUT2D eigenvalue weighted by Gasteiger charge is 2.02. The molecule has 0 saturated carbocycles. The molecule has 0 amide bonds. The number of nitrogens with one attached hydrogen (secondary N) is 1. The van der Waals surface area contributed by atoms with Crippen LogP contribution in [0.3, 0.4) is 0 Å². The first-order valence-corrected chi connectivity index (χ1v) is 5.96. The zero-order valence-electron chi connectivity index (χ0n) is 9.73. The average molecular weight is 323 g/mol. The van der Waals surface area contributed by atoms with Gasteiger partial charge in [-0.1, -0.05) is 34.8 Å². The van der Waals surface area contributed by atoms with Crippen molar-refractivity contribution in [3.05, 3.63) is 28.1 Å². The molecular formula is C9H10Cl3N7. The van der Waals surface area contributed by atoms with Crippen LogP contribution in [-0.2, 0) is 0 Å². The Labute approximate surface area is 124 Å². The fraction of sp³-hybridized carbons (Fsp3) is 0.111. The number of halogens is 3. The van der Waals surface area contributed by atoms with E-state index in [2.05, 4.69) is 25.3 Å². The quantitative estimate of drug-likeness (QED) is 0.689. The van der Waals surface area contributed by atoms with Crippen molar-refractivity contribution in [3.8, 4) is 0 Å². The third-order valence-corrected chi connectivity index (χ3v) is 2.76. The van der Waals surface area contributed by atoms with Crippen molar-refractivity contribution in [2.45, 2.75) is 0 Å². The molecule has 2 rings (SSSR count). The van der Waals surface area contributed by atoms with Crippen LogP contribution in [0.15, 0.2) is 12.7 Å². The summed E-state index contributed by atoms with van der Waals surface area (Å²) < 4.78 is 0. The van der Waals surface area contributed by atoms with Crippen LogP contribution in [0.4, 0.5) is 17.2 Å². The molecule has 2 aromatic rings.